The number of aromatic nitrogens is 1. The number of anilines is 1. The number of rotatable bonds is 25. The first-order valence-corrected chi connectivity index (χ1v) is 25.7. The molecule has 22 heteroatoms. The first-order chi connectivity index (χ1) is 31.6. The minimum Gasteiger partial charge on any atom is -0.481 e. The van der Waals surface area contributed by atoms with E-state index in [9.17, 15) is 43.2 Å². The number of benzene rings is 1. The monoisotopic (exact) mass is 1010 g/mol. The van der Waals surface area contributed by atoms with Crippen LogP contribution in [0.2, 0.25) is 0 Å². The quantitative estimate of drug-likeness (QED) is 0.0248. The summed E-state index contributed by atoms with van der Waals surface area (Å²) in [6, 6.07) is 2.56. The Morgan fingerprint density at radius 1 is 1.07 bits per heavy atom. The van der Waals surface area contributed by atoms with Gasteiger partial charge in [0.1, 0.15) is 10.7 Å². The lowest BCUT2D eigenvalue weighted by Crippen LogP contribution is -2.48. The lowest BCUT2D eigenvalue weighted by atomic mass is 9.83. The first kappa shape index (κ1) is 57.9. The van der Waals surface area contributed by atoms with Crippen LogP contribution in [-0.4, -0.2) is 115 Å². The summed E-state index contributed by atoms with van der Waals surface area (Å²) >= 11 is 5.52. The number of likely N-dealkylation sites (tertiary alicyclic amines) is 1. The van der Waals surface area contributed by atoms with E-state index in [1.54, 1.807) is 11.9 Å². The summed E-state index contributed by atoms with van der Waals surface area (Å²) in [5, 5.41) is 17.1. The predicted octanol–water partition coefficient (Wildman–Crippen LogP) is 7.21. The molecule has 2 unspecified atom stereocenters. The van der Waals surface area contributed by atoms with Crippen molar-refractivity contribution in [2.24, 2.45) is 23.7 Å². The number of carbonyl (C=O) groups excluding carboxylic acids is 6. The number of thiazole rings is 1. The van der Waals surface area contributed by atoms with Gasteiger partial charge in [-0.2, -0.15) is 12.6 Å². The topological polar surface area (TPSA) is 268 Å². The van der Waals surface area contributed by atoms with Gasteiger partial charge in [0, 0.05) is 61.4 Å². The van der Waals surface area contributed by atoms with Gasteiger partial charge in [0.2, 0.25) is 11.8 Å². The van der Waals surface area contributed by atoms with Crippen LogP contribution >= 0.6 is 31.8 Å². The van der Waals surface area contributed by atoms with Crippen LogP contribution < -0.4 is 15.4 Å². The van der Waals surface area contributed by atoms with Crippen molar-refractivity contribution < 1.29 is 67.0 Å². The Balaban J connectivity index is 1.91. The lowest BCUT2D eigenvalue weighted by Gasteiger charge is -2.37. The van der Waals surface area contributed by atoms with Crippen molar-refractivity contribution in [1.82, 2.24) is 20.1 Å². The number of phosphoric ester groups is 1. The van der Waals surface area contributed by atoms with E-state index in [4.69, 9.17) is 19.3 Å². The molecule has 3 amide bonds. The SMILES string of the molecule is CC[C@H](C)[C@H](CC(=O)C1CCCCN1C)C(=O)N(C)[C@H](C[C@@H](OC(C)=O)c1nc(C(=O)N[C@@H](Cc2ccc(OC(=O)OP(=O)(O)O)c(NC(=O)CCC(C)(C)S)c2)CC(C)C(=O)O)cs1)C(C)C. The smallest absolute Gasteiger partial charge is 0.481 e. The maximum Gasteiger partial charge on any atom is 0.529 e. The van der Waals surface area contributed by atoms with Gasteiger partial charge in [-0.05, 0) is 75.2 Å². The maximum atomic E-state index is 14.4. The molecule has 1 saturated heterocycles. The van der Waals surface area contributed by atoms with E-state index in [2.05, 4.69) is 37.7 Å². The number of ether oxygens (including phenoxy) is 2. The van der Waals surface area contributed by atoms with Gasteiger partial charge in [-0.25, -0.2) is 14.3 Å². The van der Waals surface area contributed by atoms with Crippen LogP contribution in [-0.2, 0) is 44.2 Å². The van der Waals surface area contributed by atoms with Gasteiger partial charge in [0.25, 0.3) is 5.91 Å². The molecule has 68 heavy (non-hydrogen) atoms. The number of carboxylic acid groups (broad SMARTS) is 1. The van der Waals surface area contributed by atoms with Gasteiger partial charge in [0.15, 0.2) is 17.6 Å². The molecule has 1 fully saturated rings. The van der Waals surface area contributed by atoms with E-state index in [1.807, 2.05) is 48.6 Å². The van der Waals surface area contributed by atoms with Crippen LogP contribution in [0, 0.1) is 23.7 Å². The highest BCUT2D eigenvalue weighted by Crippen LogP contribution is 2.38. The Morgan fingerprint density at radius 3 is 2.32 bits per heavy atom. The fourth-order valence-corrected chi connectivity index (χ4v) is 9.29. The molecule has 3 rings (SSSR count). The second-order valence-electron chi connectivity index (χ2n) is 18.8. The summed E-state index contributed by atoms with van der Waals surface area (Å²) in [6.07, 6.45) is 1.29. The molecule has 2 aromatic rings. The second kappa shape index (κ2) is 26.0. The number of piperidine rings is 1. The van der Waals surface area contributed by atoms with Crippen molar-refractivity contribution in [2.45, 2.75) is 149 Å². The molecule has 0 aliphatic carbocycles. The summed E-state index contributed by atoms with van der Waals surface area (Å²) in [7, 11) is -1.63. The highest BCUT2D eigenvalue weighted by molar-refractivity contribution is 7.81. The zero-order valence-electron chi connectivity index (χ0n) is 40.7. The van der Waals surface area contributed by atoms with Crippen molar-refractivity contribution in [1.29, 1.82) is 0 Å². The van der Waals surface area contributed by atoms with Crippen LogP contribution in [0.1, 0.15) is 140 Å². The van der Waals surface area contributed by atoms with Crippen LogP contribution in [0.25, 0.3) is 0 Å². The number of likely N-dealkylation sites (N-methyl/N-ethyl adjacent to an activating group) is 1. The van der Waals surface area contributed by atoms with Crippen molar-refractivity contribution in [3.63, 3.8) is 0 Å². The molecule has 1 aromatic heterocycles. The maximum absolute atomic E-state index is 14.4. The third-order valence-electron chi connectivity index (χ3n) is 12.2. The van der Waals surface area contributed by atoms with E-state index in [-0.39, 0.29) is 83.8 Å². The van der Waals surface area contributed by atoms with Crippen molar-refractivity contribution in [3.05, 3.63) is 39.8 Å². The summed E-state index contributed by atoms with van der Waals surface area (Å²) in [6.45, 7) is 15.0. The number of thiol groups is 1. The second-order valence-corrected chi connectivity index (χ2v) is 22.1. The lowest BCUT2D eigenvalue weighted by molar-refractivity contribution is -0.149. The number of ketones is 1. The standard InChI is InChI=1S/C46H70N5O14PS2/c1-11-27(4)32(23-37(53)35-14-12-13-19-50(35)9)43(56)51(10)36(26(2)3)24-39(63-29(6)52)42-49-34(25-68-42)41(55)47-31(20-28(5)44(57)58)21-30-15-16-38(64-45(59)65-66(60,61)62)33(22-30)48-40(54)17-18-46(7,8)67/h15-16,22,25-28,31-32,35-36,39,67H,11-14,17-21,23-24H2,1-10H3,(H,47,55)(H,48,54)(H,57,58)(H2,60,61,62)/t27-,28?,31+,32-,35?,36+,39+/m0/s1. The number of nitrogens with one attached hydrogen (secondary N) is 2. The van der Waals surface area contributed by atoms with Gasteiger partial charge in [-0.1, -0.05) is 67.4 Å². The third kappa shape index (κ3) is 18.8. The molecular weight excluding hydrogens is 942 g/mol. The normalized spacial score (nSPS) is 17.2. The van der Waals surface area contributed by atoms with E-state index < -0.39 is 72.5 Å². The van der Waals surface area contributed by atoms with E-state index in [0.717, 1.165) is 37.1 Å². The summed E-state index contributed by atoms with van der Waals surface area (Å²) < 4.78 is 25.6. The average molecular weight is 1010 g/mol. The highest BCUT2D eigenvalue weighted by atomic mass is 32.1. The molecule has 380 valence electrons. The zero-order valence-corrected chi connectivity index (χ0v) is 43.3. The summed E-state index contributed by atoms with van der Waals surface area (Å²) in [5.74, 6) is -5.03. The van der Waals surface area contributed by atoms with Gasteiger partial charge in [-0.15, -0.1) is 11.3 Å². The van der Waals surface area contributed by atoms with Crippen LogP contribution in [0.5, 0.6) is 5.75 Å². The summed E-state index contributed by atoms with van der Waals surface area (Å²) in [4.78, 5) is 118. The molecule has 5 N–H and O–H groups in total. The van der Waals surface area contributed by atoms with E-state index >= 15 is 0 Å². The van der Waals surface area contributed by atoms with E-state index in [0.29, 0.717) is 18.4 Å². The van der Waals surface area contributed by atoms with Crippen molar-refractivity contribution in [3.8, 4) is 5.75 Å². The Labute approximate surface area is 408 Å². The molecular formula is C46H70N5O14PS2. The number of Topliss-reactive ketones (excluding diaryl/α,β-unsaturated/α-hetero) is 1. The number of nitrogens with zero attached hydrogens (tertiary/aromatic N) is 3. The van der Waals surface area contributed by atoms with Gasteiger partial charge in [0.05, 0.1) is 17.6 Å². The molecule has 1 aliphatic heterocycles. The van der Waals surface area contributed by atoms with Gasteiger partial charge in [-0.3, -0.25) is 43.5 Å². The number of phosphoric acid groups is 1. The number of hydrogen-bond acceptors (Lipinski definition) is 15. The van der Waals surface area contributed by atoms with Crippen LogP contribution in [0.15, 0.2) is 23.6 Å². The Kier molecular flexibility index (Phi) is 22.1. The summed E-state index contributed by atoms with van der Waals surface area (Å²) in [5.41, 5.74) is 0.311. The number of carboxylic acids is 1. The molecule has 0 spiro atoms. The van der Waals surface area contributed by atoms with Crippen LogP contribution in [0.3, 0.4) is 0 Å². The number of aliphatic carboxylic acids is 1. The molecule has 0 bridgehead atoms. The third-order valence-corrected chi connectivity index (χ3v) is 13.7. The Bertz CT molecular complexity index is 2140. The van der Waals surface area contributed by atoms with Crippen molar-refractivity contribution >= 4 is 79.1 Å². The largest absolute Gasteiger partial charge is 0.529 e. The molecule has 19 nitrogen and oxygen atoms in total. The molecule has 7 atom stereocenters. The van der Waals surface area contributed by atoms with Crippen LogP contribution in [0.4, 0.5) is 10.5 Å². The molecule has 0 saturated carbocycles. The fourth-order valence-electron chi connectivity index (χ4n) is 8.11. The minimum absolute atomic E-state index is 0.00217. The molecule has 1 aromatic carbocycles. The van der Waals surface area contributed by atoms with E-state index in [1.165, 1.54) is 37.4 Å². The highest BCUT2D eigenvalue weighted by Gasteiger charge is 2.38. The predicted molar refractivity (Wildman–Crippen MR) is 258 cm³/mol. The number of amides is 3. The number of hydrogen-bond donors (Lipinski definition) is 6. The van der Waals surface area contributed by atoms with Gasteiger partial charge < -0.3 is 34.6 Å². The number of esters is 1. The van der Waals surface area contributed by atoms with Crippen molar-refractivity contribution in [2.75, 3.05) is 26.0 Å². The molecule has 1 aliphatic rings. The first-order valence-electron chi connectivity index (χ1n) is 22.9. The number of carbonyl (C=O) groups is 7. The Hall–Kier alpha value is -4.40. The minimum atomic E-state index is -5.28. The average Bonchev–Trinajstić information content (AvgIpc) is 3.73. The fraction of sp³-hybridized carbons (Fsp3) is 0.652. The van der Waals surface area contributed by atoms with Gasteiger partial charge >= 0.3 is 25.9 Å². The molecule has 0 radical (unpaired) electrons. The Morgan fingerprint density at radius 2 is 1.75 bits per heavy atom. The molecule has 2 heterocycles. The zero-order chi connectivity index (χ0) is 51.3.